The Labute approximate surface area is 196 Å². The molecule has 0 unspecified atom stereocenters. The predicted molar refractivity (Wildman–Crippen MR) is 129 cm³/mol. The molecule has 2 aliphatic carbocycles. The molecule has 6 rings (SSSR count). The van der Waals surface area contributed by atoms with Crippen molar-refractivity contribution in [2.45, 2.75) is 57.9 Å². The van der Waals surface area contributed by atoms with E-state index in [-0.39, 0.29) is 0 Å². The molecule has 0 aliphatic heterocycles. The molecule has 0 saturated heterocycles. The van der Waals surface area contributed by atoms with Crippen molar-refractivity contribution >= 4 is 22.3 Å². The van der Waals surface area contributed by atoms with Crippen molar-refractivity contribution < 1.29 is 4.74 Å². The van der Waals surface area contributed by atoms with Crippen LogP contribution in [0, 0.1) is 6.92 Å². The van der Waals surface area contributed by atoms with E-state index in [1.54, 1.807) is 24.8 Å². The summed E-state index contributed by atoms with van der Waals surface area (Å²) in [5, 5.41) is 11.5. The van der Waals surface area contributed by atoms with Crippen LogP contribution in [0.2, 0.25) is 0 Å². The van der Waals surface area contributed by atoms with Gasteiger partial charge >= 0.3 is 0 Å². The van der Waals surface area contributed by atoms with E-state index in [1.807, 2.05) is 35.2 Å². The van der Waals surface area contributed by atoms with Crippen molar-refractivity contribution in [1.82, 2.24) is 29.3 Å². The number of rotatable bonds is 6. The summed E-state index contributed by atoms with van der Waals surface area (Å²) in [6.45, 7) is 1.96. The third kappa shape index (κ3) is 3.70. The SMILES string of the molecule is COc1nc(-c2csc(Nc3c4c(nn3C3CCC3)CCCC4)n2)ccc1-n1cnc(C)c1. The van der Waals surface area contributed by atoms with Crippen molar-refractivity contribution in [3.05, 3.63) is 47.0 Å². The number of aromatic nitrogens is 6. The predicted octanol–water partition coefficient (Wildman–Crippen LogP) is 5.25. The number of aryl methyl sites for hydroxylation is 2. The fraction of sp³-hybridized carbons (Fsp3) is 0.417. The highest BCUT2D eigenvalue weighted by Gasteiger charge is 2.28. The van der Waals surface area contributed by atoms with Crippen LogP contribution in [0.5, 0.6) is 5.88 Å². The zero-order valence-electron chi connectivity index (χ0n) is 18.9. The Bertz CT molecular complexity index is 1300. The van der Waals surface area contributed by atoms with Gasteiger partial charge in [0.05, 0.1) is 36.6 Å². The Morgan fingerprint density at radius 3 is 2.73 bits per heavy atom. The van der Waals surface area contributed by atoms with Crippen LogP contribution in [-0.2, 0) is 12.8 Å². The maximum Gasteiger partial charge on any atom is 0.238 e. The number of imidazole rings is 1. The fourth-order valence-electron chi connectivity index (χ4n) is 4.63. The number of fused-ring (bicyclic) bond motifs is 1. The topological polar surface area (TPSA) is 82.7 Å². The van der Waals surface area contributed by atoms with Crippen LogP contribution in [0.15, 0.2) is 30.0 Å². The maximum absolute atomic E-state index is 5.57. The van der Waals surface area contributed by atoms with E-state index in [0.29, 0.717) is 11.9 Å². The van der Waals surface area contributed by atoms with E-state index in [0.717, 1.165) is 46.6 Å². The first-order valence-corrected chi connectivity index (χ1v) is 12.5. The second-order valence-corrected chi connectivity index (χ2v) is 9.68. The Hall–Kier alpha value is -3.20. The van der Waals surface area contributed by atoms with Crippen LogP contribution in [-0.4, -0.2) is 36.4 Å². The lowest BCUT2D eigenvalue weighted by Gasteiger charge is -2.27. The molecule has 0 radical (unpaired) electrons. The normalized spacial score (nSPS) is 15.8. The van der Waals surface area contributed by atoms with Gasteiger partial charge in [0.15, 0.2) is 5.13 Å². The van der Waals surface area contributed by atoms with Gasteiger partial charge in [-0.15, -0.1) is 11.3 Å². The van der Waals surface area contributed by atoms with Gasteiger partial charge in [-0.3, -0.25) is 0 Å². The van der Waals surface area contributed by atoms with Gasteiger partial charge in [0, 0.05) is 17.1 Å². The standard InChI is InChI=1S/C24H27N7OS/c1-15-12-30(14-25-15)21-11-10-19(26-23(21)32-2)20-13-33-24(27-20)28-22-17-8-3-4-9-18(17)29-31(22)16-6-5-7-16/h10-14,16H,3-9H2,1-2H3,(H,27,28). The molecule has 0 atom stereocenters. The summed E-state index contributed by atoms with van der Waals surface area (Å²) in [6.07, 6.45) is 12.1. The molecule has 4 heterocycles. The Kier molecular flexibility index (Phi) is 5.13. The summed E-state index contributed by atoms with van der Waals surface area (Å²) in [7, 11) is 1.64. The number of hydrogen-bond donors (Lipinski definition) is 1. The minimum absolute atomic E-state index is 0.516. The quantitative estimate of drug-likeness (QED) is 0.422. The van der Waals surface area contributed by atoms with E-state index in [4.69, 9.17) is 19.8 Å². The lowest BCUT2D eigenvalue weighted by molar-refractivity contribution is 0.291. The minimum atomic E-state index is 0.516. The summed E-state index contributed by atoms with van der Waals surface area (Å²) in [5.74, 6) is 1.69. The summed E-state index contributed by atoms with van der Waals surface area (Å²) in [5.41, 5.74) is 6.06. The maximum atomic E-state index is 5.57. The van der Waals surface area contributed by atoms with Crippen LogP contribution in [0.25, 0.3) is 17.1 Å². The third-order valence-electron chi connectivity index (χ3n) is 6.62. The number of ether oxygens (including phenoxy) is 1. The number of hydrogen-bond acceptors (Lipinski definition) is 7. The van der Waals surface area contributed by atoms with E-state index < -0.39 is 0 Å². The fourth-order valence-corrected chi connectivity index (χ4v) is 5.33. The van der Waals surface area contributed by atoms with Crippen molar-refractivity contribution in [2.75, 3.05) is 12.4 Å². The number of methoxy groups -OCH3 is 1. The van der Waals surface area contributed by atoms with Gasteiger partial charge in [-0.25, -0.2) is 19.6 Å². The second kappa shape index (κ2) is 8.30. The Balaban J connectivity index is 1.29. The molecular weight excluding hydrogens is 434 g/mol. The number of pyridine rings is 1. The molecule has 4 aromatic heterocycles. The lowest BCUT2D eigenvalue weighted by atomic mass is 9.93. The number of anilines is 2. The average Bonchev–Trinajstić information content (AvgIpc) is 3.52. The van der Waals surface area contributed by atoms with Gasteiger partial charge in [-0.2, -0.15) is 5.10 Å². The van der Waals surface area contributed by atoms with Gasteiger partial charge in [-0.05, 0) is 64.0 Å². The van der Waals surface area contributed by atoms with E-state index in [2.05, 4.69) is 15.0 Å². The van der Waals surface area contributed by atoms with Crippen molar-refractivity contribution in [3.8, 4) is 23.0 Å². The van der Waals surface area contributed by atoms with Gasteiger partial charge in [0.1, 0.15) is 17.2 Å². The van der Waals surface area contributed by atoms with E-state index in [9.17, 15) is 0 Å². The van der Waals surface area contributed by atoms with Crippen LogP contribution >= 0.6 is 11.3 Å². The van der Waals surface area contributed by atoms with E-state index >= 15 is 0 Å². The third-order valence-corrected chi connectivity index (χ3v) is 7.38. The highest BCUT2D eigenvalue weighted by Crippen LogP contribution is 2.39. The Morgan fingerprint density at radius 2 is 1.97 bits per heavy atom. The largest absolute Gasteiger partial charge is 0.479 e. The first-order chi connectivity index (χ1) is 16.2. The first-order valence-electron chi connectivity index (χ1n) is 11.6. The molecular formula is C24H27N7OS. The average molecular weight is 462 g/mol. The van der Waals surface area contributed by atoms with Gasteiger partial charge in [-0.1, -0.05) is 0 Å². The smallest absolute Gasteiger partial charge is 0.238 e. The first kappa shape index (κ1) is 20.4. The van der Waals surface area contributed by atoms with Crippen LogP contribution in [0.3, 0.4) is 0 Å². The zero-order chi connectivity index (χ0) is 22.4. The number of thiazole rings is 1. The van der Waals surface area contributed by atoms with Gasteiger partial charge in [0.25, 0.3) is 0 Å². The highest BCUT2D eigenvalue weighted by atomic mass is 32.1. The lowest BCUT2D eigenvalue weighted by Crippen LogP contribution is -2.20. The minimum Gasteiger partial charge on any atom is -0.479 e. The molecule has 8 nitrogen and oxygen atoms in total. The summed E-state index contributed by atoms with van der Waals surface area (Å²) < 4.78 is 9.74. The molecule has 1 N–H and O–H groups in total. The molecule has 0 bridgehead atoms. The summed E-state index contributed by atoms with van der Waals surface area (Å²) >= 11 is 1.60. The monoisotopic (exact) mass is 461 g/mol. The van der Waals surface area contributed by atoms with Crippen LogP contribution < -0.4 is 10.1 Å². The number of nitrogens with zero attached hydrogens (tertiary/aromatic N) is 6. The van der Waals surface area contributed by atoms with Crippen molar-refractivity contribution in [1.29, 1.82) is 0 Å². The van der Waals surface area contributed by atoms with Crippen molar-refractivity contribution in [2.24, 2.45) is 0 Å². The molecule has 1 fully saturated rings. The van der Waals surface area contributed by atoms with E-state index in [1.165, 1.54) is 43.4 Å². The summed E-state index contributed by atoms with van der Waals surface area (Å²) in [4.78, 5) is 13.9. The van der Waals surface area contributed by atoms with Gasteiger partial charge in [0.2, 0.25) is 5.88 Å². The molecule has 170 valence electrons. The number of nitrogens with one attached hydrogen (secondary N) is 1. The second-order valence-electron chi connectivity index (χ2n) is 8.82. The molecule has 0 spiro atoms. The van der Waals surface area contributed by atoms with Crippen molar-refractivity contribution in [3.63, 3.8) is 0 Å². The van der Waals surface area contributed by atoms with Crippen LogP contribution in [0.1, 0.15) is 55.1 Å². The zero-order valence-corrected chi connectivity index (χ0v) is 19.7. The Morgan fingerprint density at radius 1 is 1.09 bits per heavy atom. The molecule has 9 heteroatoms. The summed E-state index contributed by atoms with van der Waals surface area (Å²) in [6, 6.07) is 4.49. The van der Waals surface area contributed by atoms with Gasteiger partial charge < -0.3 is 14.6 Å². The molecule has 0 amide bonds. The molecule has 4 aromatic rings. The molecule has 33 heavy (non-hydrogen) atoms. The molecule has 2 aliphatic rings. The highest BCUT2D eigenvalue weighted by molar-refractivity contribution is 7.14. The van der Waals surface area contributed by atoms with Crippen LogP contribution in [0.4, 0.5) is 10.9 Å². The molecule has 1 saturated carbocycles. The molecule has 0 aromatic carbocycles.